The monoisotopic (exact) mass is 440 g/mol. The Hall–Kier alpha value is -1.46. The number of piperidine rings is 1. The van der Waals surface area contributed by atoms with Gasteiger partial charge in [0, 0.05) is 29.2 Å². The lowest BCUT2D eigenvalue weighted by Gasteiger charge is -2.42. The number of hydrogen-bond acceptors (Lipinski definition) is 3. The van der Waals surface area contributed by atoms with E-state index in [1.165, 1.54) is 0 Å². The number of likely N-dealkylation sites (tertiary alicyclic amines) is 1. The number of nitrogens with zero attached hydrogens (tertiary/aromatic N) is 2. The molecule has 160 valence electrons. The van der Waals surface area contributed by atoms with Gasteiger partial charge in [0.05, 0.1) is 12.0 Å². The van der Waals surface area contributed by atoms with Crippen LogP contribution in [-0.4, -0.2) is 46.5 Å². The van der Waals surface area contributed by atoms with E-state index in [1.54, 1.807) is 11.0 Å². The van der Waals surface area contributed by atoms with Gasteiger partial charge in [0.15, 0.2) is 0 Å². The van der Waals surface area contributed by atoms with Gasteiger partial charge >= 0.3 is 6.09 Å². The standard InChI is InChI=1S/C22H30Cl2N2O3/c1-13-6-7-16(12-26(13)21(28)29-22(3,4)5)20(27)25-9-8-15-10-17(23)11-18(24)19(15)14(25)2/h10-11,13-14,16H,6-9,12H2,1-5H3/t13-,14-,16+/m0/s1. The summed E-state index contributed by atoms with van der Waals surface area (Å²) in [5, 5.41) is 1.22. The van der Waals surface area contributed by atoms with Gasteiger partial charge in [-0.2, -0.15) is 0 Å². The number of carbonyl (C=O) groups is 2. The summed E-state index contributed by atoms with van der Waals surface area (Å²) < 4.78 is 5.55. The highest BCUT2D eigenvalue weighted by Crippen LogP contribution is 2.38. The first-order valence-corrected chi connectivity index (χ1v) is 11.0. The van der Waals surface area contributed by atoms with Gasteiger partial charge in [-0.1, -0.05) is 23.2 Å². The molecule has 3 atom stereocenters. The molecule has 0 aromatic heterocycles. The van der Waals surface area contributed by atoms with Crippen LogP contribution in [0, 0.1) is 5.92 Å². The van der Waals surface area contributed by atoms with E-state index >= 15 is 0 Å². The fourth-order valence-corrected chi connectivity index (χ4v) is 5.02. The Morgan fingerprint density at radius 2 is 1.79 bits per heavy atom. The highest BCUT2D eigenvalue weighted by molar-refractivity contribution is 6.35. The maximum absolute atomic E-state index is 13.4. The molecule has 0 aliphatic carbocycles. The number of amides is 2. The zero-order valence-electron chi connectivity index (χ0n) is 17.8. The second kappa shape index (κ2) is 8.35. The van der Waals surface area contributed by atoms with E-state index in [1.807, 2.05) is 45.6 Å². The van der Waals surface area contributed by atoms with Crippen molar-refractivity contribution in [1.82, 2.24) is 9.80 Å². The summed E-state index contributed by atoms with van der Waals surface area (Å²) in [6.45, 7) is 10.6. The van der Waals surface area contributed by atoms with Crippen LogP contribution in [0.15, 0.2) is 12.1 Å². The second-order valence-electron chi connectivity index (χ2n) is 9.17. The SMILES string of the molecule is C[C@H]1CC[C@@H](C(=O)N2CCc3cc(Cl)cc(Cl)c3[C@@H]2C)CN1C(=O)OC(C)(C)C. The number of benzene rings is 1. The molecule has 5 nitrogen and oxygen atoms in total. The van der Waals surface area contributed by atoms with Crippen molar-refractivity contribution in [2.24, 2.45) is 5.92 Å². The minimum atomic E-state index is -0.559. The van der Waals surface area contributed by atoms with Crippen molar-refractivity contribution in [2.45, 2.75) is 71.6 Å². The zero-order chi connectivity index (χ0) is 21.5. The van der Waals surface area contributed by atoms with Gasteiger partial charge in [-0.25, -0.2) is 4.79 Å². The summed E-state index contributed by atoms with van der Waals surface area (Å²) in [4.78, 5) is 29.6. The average molecular weight is 441 g/mol. The Bertz CT molecular complexity index is 806. The summed E-state index contributed by atoms with van der Waals surface area (Å²) in [5.41, 5.74) is 1.52. The molecule has 2 aliphatic heterocycles. The first-order valence-electron chi connectivity index (χ1n) is 10.3. The van der Waals surface area contributed by atoms with Crippen LogP contribution in [0.3, 0.4) is 0 Å². The minimum absolute atomic E-state index is 0.0602. The highest BCUT2D eigenvalue weighted by atomic mass is 35.5. The molecule has 0 radical (unpaired) electrons. The van der Waals surface area contributed by atoms with Crippen LogP contribution in [0.2, 0.25) is 10.0 Å². The van der Waals surface area contributed by atoms with E-state index in [0.29, 0.717) is 23.1 Å². The van der Waals surface area contributed by atoms with Crippen LogP contribution in [0.25, 0.3) is 0 Å². The Morgan fingerprint density at radius 3 is 2.45 bits per heavy atom. The van der Waals surface area contributed by atoms with E-state index in [9.17, 15) is 9.59 Å². The smallest absolute Gasteiger partial charge is 0.410 e. The molecule has 0 bridgehead atoms. The Morgan fingerprint density at radius 1 is 1.10 bits per heavy atom. The second-order valence-corrected chi connectivity index (χ2v) is 10.0. The molecule has 0 saturated carbocycles. The quantitative estimate of drug-likeness (QED) is 0.580. The maximum Gasteiger partial charge on any atom is 0.410 e. The topological polar surface area (TPSA) is 49.9 Å². The molecule has 0 N–H and O–H groups in total. The van der Waals surface area contributed by atoms with Crippen LogP contribution in [0.1, 0.15) is 64.6 Å². The summed E-state index contributed by atoms with van der Waals surface area (Å²) in [7, 11) is 0. The fourth-order valence-electron chi connectivity index (χ4n) is 4.32. The lowest BCUT2D eigenvalue weighted by molar-refractivity contribution is -0.140. The van der Waals surface area contributed by atoms with Gasteiger partial charge in [0.1, 0.15) is 5.60 Å². The van der Waals surface area contributed by atoms with Gasteiger partial charge in [0.2, 0.25) is 5.91 Å². The van der Waals surface area contributed by atoms with Crippen LogP contribution in [0.5, 0.6) is 0 Å². The predicted molar refractivity (Wildman–Crippen MR) is 115 cm³/mol. The third-order valence-corrected chi connectivity index (χ3v) is 6.36. The normalized spacial score (nSPS) is 24.9. The van der Waals surface area contributed by atoms with Gasteiger partial charge in [-0.3, -0.25) is 4.79 Å². The largest absolute Gasteiger partial charge is 0.444 e. The molecule has 7 heteroatoms. The molecule has 1 aromatic carbocycles. The minimum Gasteiger partial charge on any atom is -0.444 e. The van der Waals surface area contributed by atoms with Crippen LogP contribution >= 0.6 is 23.2 Å². The van der Waals surface area contributed by atoms with Crippen molar-refractivity contribution in [3.05, 3.63) is 33.3 Å². The molecule has 29 heavy (non-hydrogen) atoms. The molecule has 2 amide bonds. The molecular formula is C22H30Cl2N2O3. The van der Waals surface area contributed by atoms with E-state index in [-0.39, 0.29) is 30.0 Å². The van der Waals surface area contributed by atoms with Crippen molar-refractivity contribution in [3.63, 3.8) is 0 Å². The van der Waals surface area contributed by atoms with E-state index < -0.39 is 5.60 Å². The third-order valence-electron chi connectivity index (χ3n) is 5.83. The maximum atomic E-state index is 13.4. The van der Waals surface area contributed by atoms with Gasteiger partial charge < -0.3 is 14.5 Å². The van der Waals surface area contributed by atoms with Crippen molar-refractivity contribution in [1.29, 1.82) is 0 Å². The summed E-state index contributed by atoms with van der Waals surface area (Å²) in [5.74, 6) is -0.150. The number of ether oxygens (including phenoxy) is 1. The van der Waals surface area contributed by atoms with Gasteiger partial charge in [0.25, 0.3) is 0 Å². The van der Waals surface area contributed by atoms with E-state index in [2.05, 4.69) is 0 Å². The number of rotatable bonds is 1. The Labute approximate surface area is 183 Å². The lowest BCUT2D eigenvalue weighted by atomic mass is 9.89. The number of halogens is 2. The third kappa shape index (κ3) is 4.83. The number of fused-ring (bicyclic) bond motifs is 1. The summed E-state index contributed by atoms with van der Waals surface area (Å²) in [6.07, 6.45) is 1.93. The molecule has 1 aromatic rings. The van der Waals surface area contributed by atoms with E-state index in [0.717, 1.165) is 30.4 Å². The van der Waals surface area contributed by atoms with Crippen molar-refractivity contribution >= 4 is 35.2 Å². The number of hydrogen-bond donors (Lipinski definition) is 0. The predicted octanol–water partition coefficient (Wildman–Crippen LogP) is 5.47. The first-order chi connectivity index (χ1) is 13.5. The van der Waals surface area contributed by atoms with Crippen molar-refractivity contribution < 1.29 is 14.3 Å². The van der Waals surface area contributed by atoms with Crippen LogP contribution in [-0.2, 0) is 16.0 Å². The molecule has 0 unspecified atom stereocenters. The zero-order valence-corrected chi connectivity index (χ0v) is 19.3. The van der Waals surface area contributed by atoms with Gasteiger partial charge in [-0.15, -0.1) is 0 Å². The van der Waals surface area contributed by atoms with Crippen molar-refractivity contribution in [2.75, 3.05) is 13.1 Å². The average Bonchev–Trinajstić information content (AvgIpc) is 2.59. The number of carbonyl (C=O) groups excluding carboxylic acids is 2. The Balaban J connectivity index is 1.75. The van der Waals surface area contributed by atoms with Crippen LogP contribution in [0.4, 0.5) is 4.79 Å². The summed E-state index contributed by atoms with van der Waals surface area (Å²) in [6, 6.07) is 3.61. The Kier molecular flexibility index (Phi) is 6.40. The van der Waals surface area contributed by atoms with Crippen LogP contribution < -0.4 is 0 Å². The highest BCUT2D eigenvalue weighted by Gasteiger charge is 2.39. The molecule has 1 fully saturated rings. The van der Waals surface area contributed by atoms with Gasteiger partial charge in [-0.05, 0) is 77.1 Å². The molecule has 1 saturated heterocycles. The molecule has 3 rings (SSSR count). The summed E-state index contributed by atoms with van der Waals surface area (Å²) >= 11 is 12.6. The van der Waals surface area contributed by atoms with Crippen molar-refractivity contribution in [3.8, 4) is 0 Å². The molecule has 2 heterocycles. The fraction of sp³-hybridized carbons (Fsp3) is 0.636. The lowest BCUT2D eigenvalue weighted by Crippen LogP contribution is -2.52. The molecule has 2 aliphatic rings. The first kappa shape index (κ1) is 22.2. The molecular weight excluding hydrogens is 411 g/mol. The van der Waals surface area contributed by atoms with E-state index in [4.69, 9.17) is 27.9 Å². The molecule has 0 spiro atoms.